The Labute approximate surface area is 271 Å². The van der Waals surface area contributed by atoms with Crippen molar-refractivity contribution in [1.82, 2.24) is 10.2 Å². The van der Waals surface area contributed by atoms with Crippen molar-refractivity contribution >= 4 is 11.9 Å². The third kappa shape index (κ3) is 9.47. The number of likely N-dealkylation sites (tertiary alicyclic amines) is 1. The van der Waals surface area contributed by atoms with Gasteiger partial charge in [0.15, 0.2) is 6.29 Å². The zero-order valence-electron chi connectivity index (χ0n) is 26.4. The van der Waals surface area contributed by atoms with E-state index in [9.17, 15) is 19.8 Å². The zero-order valence-corrected chi connectivity index (χ0v) is 26.4. The lowest BCUT2D eigenvalue weighted by atomic mass is 9.98. The second-order valence-corrected chi connectivity index (χ2v) is 12.4. The van der Waals surface area contributed by atoms with E-state index >= 15 is 0 Å². The van der Waals surface area contributed by atoms with E-state index in [-0.39, 0.29) is 43.8 Å². The topological polar surface area (TPSA) is 129 Å². The first-order chi connectivity index (χ1) is 22.4. The van der Waals surface area contributed by atoms with Gasteiger partial charge in [0.25, 0.3) is 0 Å². The number of carbonyl (C=O) groups is 2. The summed E-state index contributed by atoms with van der Waals surface area (Å²) in [6.45, 7) is 2.28. The quantitative estimate of drug-likeness (QED) is 0.162. The van der Waals surface area contributed by atoms with Crippen LogP contribution in [0.4, 0.5) is 0 Å². The molecule has 0 saturated carbocycles. The van der Waals surface area contributed by atoms with E-state index in [0.29, 0.717) is 32.2 Å². The highest BCUT2D eigenvalue weighted by Crippen LogP contribution is 2.39. The number of amides is 1. The third-order valence-electron chi connectivity index (χ3n) is 8.99. The second-order valence-electron chi connectivity index (χ2n) is 12.4. The molecular weight excluding hydrogens is 584 g/mol. The van der Waals surface area contributed by atoms with Crippen molar-refractivity contribution in [2.75, 3.05) is 19.7 Å². The Morgan fingerprint density at radius 3 is 2.35 bits per heavy atom. The fraction of sp³-hybridized carbons (Fsp3) is 0.459. The molecule has 246 valence electrons. The molecule has 0 spiro atoms. The average Bonchev–Trinajstić information content (AvgIpc) is 3.54. The molecule has 4 unspecified atom stereocenters. The lowest BCUT2D eigenvalue weighted by Crippen LogP contribution is -2.42. The van der Waals surface area contributed by atoms with E-state index in [1.807, 2.05) is 54.6 Å². The van der Waals surface area contributed by atoms with Gasteiger partial charge in [-0.3, -0.25) is 14.5 Å². The second kappa shape index (κ2) is 16.8. The van der Waals surface area contributed by atoms with Crippen LogP contribution in [0.1, 0.15) is 86.0 Å². The highest BCUT2D eigenvalue weighted by Gasteiger charge is 2.35. The van der Waals surface area contributed by atoms with Crippen LogP contribution in [0.25, 0.3) is 11.1 Å². The van der Waals surface area contributed by atoms with Gasteiger partial charge in [0.05, 0.1) is 25.4 Å². The van der Waals surface area contributed by atoms with Gasteiger partial charge in [-0.25, -0.2) is 0 Å². The number of nitrogens with zero attached hydrogens (tertiary/aromatic N) is 1. The molecule has 0 bridgehead atoms. The zero-order chi connectivity index (χ0) is 32.3. The molecule has 3 aromatic carbocycles. The van der Waals surface area contributed by atoms with Gasteiger partial charge in [-0.15, -0.1) is 0 Å². The SMILES string of the molecule is O=C(O)CCCCCC(=O)NCc1cccc(-c2ccc(C3OC(CN4CCCC4CO)CC(c4ccc(CO)cc4)O3)cc2)c1. The smallest absolute Gasteiger partial charge is 0.303 e. The summed E-state index contributed by atoms with van der Waals surface area (Å²) in [5.74, 6) is -0.834. The fourth-order valence-electron chi connectivity index (χ4n) is 6.36. The number of aliphatic carboxylic acids is 1. The van der Waals surface area contributed by atoms with Crippen molar-refractivity contribution < 1.29 is 34.4 Å². The summed E-state index contributed by atoms with van der Waals surface area (Å²) in [5.41, 5.74) is 5.93. The van der Waals surface area contributed by atoms with E-state index in [2.05, 4.69) is 28.4 Å². The van der Waals surface area contributed by atoms with Crippen molar-refractivity contribution in [3.8, 4) is 11.1 Å². The summed E-state index contributed by atoms with van der Waals surface area (Å²) < 4.78 is 13.1. The molecule has 1 amide bonds. The first-order valence-electron chi connectivity index (χ1n) is 16.4. The van der Waals surface area contributed by atoms with Gasteiger partial charge >= 0.3 is 5.97 Å². The van der Waals surface area contributed by atoms with Crippen molar-refractivity contribution in [3.05, 3.63) is 95.1 Å². The first kappa shape index (κ1) is 33.8. The maximum absolute atomic E-state index is 12.3. The number of benzene rings is 3. The van der Waals surface area contributed by atoms with Crippen molar-refractivity contribution in [1.29, 1.82) is 0 Å². The van der Waals surface area contributed by atoms with E-state index < -0.39 is 12.3 Å². The number of ether oxygens (including phenoxy) is 2. The average molecular weight is 631 g/mol. The number of hydrogen-bond donors (Lipinski definition) is 4. The molecule has 2 aliphatic heterocycles. The molecule has 0 radical (unpaired) electrons. The molecule has 0 aromatic heterocycles. The molecule has 3 aromatic rings. The highest BCUT2D eigenvalue weighted by atomic mass is 16.7. The third-order valence-corrected chi connectivity index (χ3v) is 8.99. The van der Waals surface area contributed by atoms with E-state index in [1.54, 1.807) is 0 Å². The summed E-state index contributed by atoms with van der Waals surface area (Å²) in [7, 11) is 0. The summed E-state index contributed by atoms with van der Waals surface area (Å²) in [6.07, 6.45) is 4.54. The minimum absolute atomic E-state index is 0.000847. The highest BCUT2D eigenvalue weighted by molar-refractivity contribution is 5.76. The Kier molecular flexibility index (Phi) is 12.3. The predicted molar refractivity (Wildman–Crippen MR) is 175 cm³/mol. The summed E-state index contributed by atoms with van der Waals surface area (Å²) in [4.78, 5) is 25.2. The maximum atomic E-state index is 12.3. The normalized spacial score (nSPS) is 21.7. The number of carbonyl (C=O) groups excluding carboxylic acids is 1. The number of aliphatic hydroxyl groups is 2. The van der Waals surface area contributed by atoms with E-state index in [4.69, 9.17) is 14.6 Å². The Morgan fingerprint density at radius 1 is 0.848 bits per heavy atom. The molecular formula is C37H46N2O7. The molecule has 9 nitrogen and oxygen atoms in total. The van der Waals surface area contributed by atoms with Crippen LogP contribution in [0.5, 0.6) is 0 Å². The standard InChI is InChI=1S/C37H46N2O7/c40-24-26-11-13-29(14-12-26)34-21-33(23-39-19-5-8-32(39)25-41)45-37(46-34)30-17-15-28(16-18-30)31-7-4-6-27(20-31)22-38-35(42)9-2-1-3-10-36(43)44/h4,6-7,11-18,20,32-34,37,40-41H,1-3,5,8-10,19,21-25H2,(H,38,42)(H,43,44). The van der Waals surface area contributed by atoms with Crippen LogP contribution in [-0.2, 0) is 32.2 Å². The minimum Gasteiger partial charge on any atom is -0.481 e. The lowest BCUT2D eigenvalue weighted by molar-refractivity contribution is -0.253. The molecule has 2 heterocycles. The predicted octanol–water partition coefficient (Wildman–Crippen LogP) is 5.50. The van der Waals surface area contributed by atoms with Crippen LogP contribution >= 0.6 is 0 Å². The van der Waals surface area contributed by atoms with Gasteiger partial charge in [0, 0.05) is 44.0 Å². The van der Waals surface area contributed by atoms with Gasteiger partial charge in [-0.05, 0) is 66.1 Å². The number of aliphatic hydroxyl groups excluding tert-OH is 2. The van der Waals surface area contributed by atoms with Gasteiger partial charge in [-0.2, -0.15) is 0 Å². The molecule has 2 fully saturated rings. The molecule has 46 heavy (non-hydrogen) atoms. The Morgan fingerprint density at radius 2 is 1.61 bits per heavy atom. The van der Waals surface area contributed by atoms with E-state index in [1.165, 1.54) is 0 Å². The molecule has 4 atom stereocenters. The fourth-order valence-corrected chi connectivity index (χ4v) is 6.36. The van der Waals surface area contributed by atoms with Crippen molar-refractivity contribution in [3.63, 3.8) is 0 Å². The number of rotatable bonds is 15. The van der Waals surface area contributed by atoms with Gasteiger partial charge < -0.3 is 30.1 Å². The maximum Gasteiger partial charge on any atom is 0.303 e. The van der Waals surface area contributed by atoms with Crippen LogP contribution < -0.4 is 5.32 Å². The Hall–Kier alpha value is -3.60. The molecule has 9 heteroatoms. The number of carboxylic acid groups (broad SMARTS) is 1. The molecule has 2 saturated heterocycles. The first-order valence-corrected chi connectivity index (χ1v) is 16.4. The van der Waals surface area contributed by atoms with Gasteiger partial charge in [0.2, 0.25) is 5.91 Å². The lowest BCUT2D eigenvalue weighted by Gasteiger charge is -2.38. The summed E-state index contributed by atoms with van der Waals surface area (Å²) in [5, 5.41) is 31.1. The molecule has 4 N–H and O–H groups in total. The molecule has 2 aliphatic rings. The molecule has 5 rings (SSSR count). The largest absolute Gasteiger partial charge is 0.481 e. The van der Waals surface area contributed by atoms with Gasteiger partial charge in [0.1, 0.15) is 0 Å². The van der Waals surface area contributed by atoms with Crippen LogP contribution in [-0.4, -0.2) is 63.9 Å². The molecule has 0 aliphatic carbocycles. The Bertz CT molecular complexity index is 1410. The number of carboxylic acids is 1. The van der Waals surface area contributed by atoms with Crippen molar-refractivity contribution in [2.45, 2.75) is 89.1 Å². The number of unbranched alkanes of at least 4 members (excludes halogenated alkanes) is 2. The van der Waals surface area contributed by atoms with Crippen LogP contribution in [0.2, 0.25) is 0 Å². The van der Waals surface area contributed by atoms with E-state index in [0.717, 1.165) is 65.7 Å². The summed E-state index contributed by atoms with van der Waals surface area (Å²) >= 11 is 0. The van der Waals surface area contributed by atoms with Crippen molar-refractivity contribution in [2.24, 2.45) is 0 Å². The minimum atomic E-state index is -0.802. The van der Waals surface area contributed by atoms with Crippen LogP contribution in [0.15, 0.2) is 72.8 Å². The number of nitrogens with one attached hydrogen (secondary N) is 1. The monoisotopic (exact) mass is 630 g/mol. The Balaban J connectivity index is 1.22. The summed E-state index contributed by atoms with van der Waals surface area (Å²) in [6, 6.07) is 24.4. The van der Waals surface area contributed by atoms with Crippen LogP contribution in [0, 0.1) is 0 Å². The van der Waals surface area contributed by atoms with Crippen LogP contribution in [0.3, 0.4) is 0 Å². The van der Waals surface area contributed by atoms with Gasteiger partial charge in [-0.1, -0.05) is 73.2 Å². The number of hydrogen-bond acceptors (Lipinski definition) is 7.